The van der Waals surface area contributed by atoms with Crippen LogP contribution in [-0.4, -0.2) is 70.9 Å². The van der Waals surface area contributed by atoms with Gasteiger partial charge in [-0.1, -0.05) is 24.6 Å². The minimum Gasteiger partial charge on any atom is -0.339 e. The molecule has 1 aliphatic carbocycles. The molecule has 5 nitrogen and oxygen atoms in total. The van der Waals surface area contributed by atoms with Crippen molar-refractivity contribution in [3.05, 3.63) is 53.9 Å². The van der Waals surface area contributed by atoms with Gasteiger partial charge in [0.05, 0.1) is 6.54 Å². The fraction of sp³-hybridized carbons (Fsp3) is 0.500. The summed E-state index contributed by atoms with van der Waals surface area (Å²) in [5.74, 6) is 0.301. The standard InChI is InChI=1S/C24H30N4O/c29-24(28-14-12-27(13-15-28)23-2-1-3-23)18-26-11-8-21-16-20(4-5-22(21)17-26)19-6-9-25-10-7-19/h4-7,9-10,16,23H,1-3,8,11-15,17-18H2. The van der Waals surface area contributed by atoms with Gasteiger partial charge in [-0.3, -0.25) is 19.6 Å². The van der Waals surface area contributed by atoms with Gasteiger partial charge in [-0.2, -0.15) is 0 Å². The van der Waals surface area contributed by atoms with E-state index >= 15 is 0 Å². The van der Waals surface area contributed by atoms with Crippen molar-refractivity contribution in [2.75, 3.05) is 39.3 Å². The van der Waals surface area contributed by atoms with Gasteiger partial charge in [0.1, 0.15) is 0 Å². The number of carbonyl (C=O) groups excluding carboxylic acids is 1. The molecule has 3 aliphatic rings. The molecule has 1 aromatic heterocycles. The molecule has 1 aromatic carbocycles. The van der Waals surface area contributed by atoms with E-state index in [9.17, 15) is 4.79 Å². The van der Waals surface area contributed by atoms with Crippen molar-refractivity contribution < 1.29 is 4.79 Å². The lowest BCUT2D eigenvalue weighted by Gasteiger charge is -2.43. The van der Waals surface area contributed by atoms with Crippen LogP contribution < -0.4 is 0 Å². The summed E-state index contributed by atoms with van der Waals surface area (Å²) in [6.07, 6.45) is 8.78. The average molecular weight is 391 g/mol. The fourth-order valence-corrected chi connectivity index (χ4v) is 4.85. The molecule has 1 saturated carbocycles. The third-order valence-electron chi connectivity index (χ3n) is 6.93. The smallest absolute Gasteiger partial charge is 0.236 e. The molecule has 0 spiro atoms. The third-order valence-corrected chi connectivity index (χ3v) is 6.93. The minimum atomic E-state index is 0.301. The molecule has 3 heterocycles. The summed E-state index contributed by atoms with van der Waals surface area (Å²) in [5, 5.41) is 0. The number of aromatic nitrogens is 1. The molecule has 1 amide bonds. The van der Waals surface area contributed by atoms with Crippen LogP contribution in [0, 0.1) is 0 Å². The van der Waals surface area contributed by atoms with Gasteiger partial charge in [0.2, 0.25) is 5.91 Å². The Morgan fingerprint density at radius 1 is 0.931 bits per heavy atom. The second kappa shape index (κ2) is 8.25. The van der Waals surface area contributed by atoms with Crippen molar-refractivity contribution in [1.29, 1.82) is 0 Å². The normalized spacial score (nSPS) is 20.9. The Hall–Kier alpha value is -2.24. The molecule has 0 bridgehead atoms. The highest BCUT2D eigenvalue weighted by atomic mass is 16.2. The van der Waals surface area contributed by atoms with Crippen LogP contribution >= 0.6 is 0 Å². The largest absolute Gasteiger partial charge is 0.339 e. The Bertz CT molecular complexity index is 856. The molecular weight excluding hydrogens is 360 g/mol. The van der Waals surface area contributed by atoms with E-state index < -0.39 is 0 Å². The first-order chi connectivity index (χ1) is 14.3. The zero-order valence-corrected chi connectivity index (χ0v) is 17.1. The second-order valence-electron chi connectivity index (χ2n) is 8.68. The van der Waals surface area contributed by atoms with Gasteiger partial charge < -0.3 is 4.90 Å². The molecule has 2 aromatic rings. The zero-order chi connectivity index (χ0) is 19.6. The van der Waals surface area contributed by atoms with E-state index in [1.165, 1.54) is 41.5 Å². The molecule has 5 heteroatoms. The van der Waals surface area contributed by atoms with Gasteiger partial charge in [-0.25, -0.2) is 0 Å². The molecule has 2 fully saturated rings. The van der Waals surface area contributed by atoms with Crippen LogP contribution in [0.15, 0.2) is 42.7 Å². The van der Waals surface area contributed by atoms with Crippen molar-refractivity contribution >= 4 is 5.91 Å². The first-order valence-corrected chi connectivity index (χ1v) is 11.0. The lowest BCUT2D eigenvalue weighted by Crippen LogP contribution is -2.55. The summed E-state index contributed by atoms with van der Waals surface area (Å²) in [7, 11) is 0. The van der Waals surface area contributed by atoms with Crippen molar-refractivity contribution in [3.8, 4) is 11.1 Å². The number of carbonyl (C=O) groups is 1. The topological polar surface area (TPSA) is 39.7 Å². The van der Waals surface area contributed by atoms with Gasteiger partial charge in [0.15, 0.2) is 0 Å². The second-order valence-corrected chi connectivity index (χ2v) is 8.68. The number of piperazine rings is 1. The number of benzene rings is 1. The number of hydrogen-bond donors (Lipinski definition) is 0. The number of fused-ring (bicyclic) bond motifs is 1. The van der Waals surface area contributed by atoms with Crippen molar-refractivity contribution in [1.82, 2.24) is 19.7 Å². The maximum absolute atomic E-state index is 12.8. The van der Waals surface area contributed by atoms with Crippen LogP contribution in [0.1, 0.15) is 30.4 Å². The molecule has 0 radical (unpaired) electrons. The number of amides is 1. The van der Waals surface area contributed by atoms with Crippen LogP contribution in [0.4, 0.5) is 0 Å². The minimum absolute atomic E-state index is 0.301. The molecule has 2 aliphatic heterocycles. The lowest BCUT2D eigenvalue weighted by molar-refractivity contribution is -0.135. The Morgan fingerprint density at radius 3 is 2.45 bits per heavy atom. The van der Waals surface area contributed by atoms with Gasteiger partial charge >= 0.3 is 0 Å². The summed E-state index contributed by atoms with van der Waals surface area (Å²) in [5.41, 5.74) is 5.23. The predicted molar refractivity (Wildman–Crippen MR) is 114 cm³/mol. The van der Waals surface area contributed by atoms with E-state index in [-0.39, 0.29) is 0 Å². The Balaban J connectivity index is 1.16. The maximum Gasteiger partial charge on any atom is 0.236 e. The van der Waals surface area contributed by atoms with Gasteiger partial charge in [-0.05, 0) is 53.6 Å². The van der Waals surface area contributed by atoms with Crippen molar-refractivity contribution in [2.24, 2.45) is 0 Å². The lowest BCUT2D eigenvalue weighted by atomic mass is 9.91. The first-order valence-electron chi connectivity index (χ1n) is 11.0. The van der Waals surface area contributed by atoms with Crippen molar-refractivity contribution in [3.63, 3.8) is 0 Å². The van der Waals surface area contributed by atoms with E-state index in [2.05, 4.69) is 50.0 Å². The molecule has 5 rings (SSSR count). The van der Waals surface area contributed by atoms with Crippen LogP contribution in [0.5, 0.6) is 0 Å². The van der Waals surface area contributed by atoms with Crippen LogP contribution in [-0.2, 0) is 17.8 Å². The van der Waals surface area contributed by atoms with E-state index in [4.69, 9.17) is 0 Å². The van der Waals surface area contributed by atoms with E-state index in [1.54, 1.807) is 0 Å². The van der Waals surface area contributed by atoms with Crippen LogP contribution in [0.3, 0.4) is 0 Å². The third kappa shape index (κ3) is 4.07. The summed E-state index contributed by atoms with van der Waals surface area (Å²) in [6.45, 7) is 6.29. The van der Waals surface area contributed by atoms with Gasteiger partial charge in [-0.15, -0.1) is 0 Å². The highest BCUT2D eigenvalue weighted by Crippen LogP contribution is 2.27. The number of rotatable bonds is 4. The molecule has 0 N–H and O–H groups in total. The SMILES string of the molecule is O=C(CN1CCc2cc(-c3ccncc3)ccc2C1)N1CCN(C2CCC2)CC1. The van der Waals surface area contributed by atoms with E-state index in [0.29, 0.717) is 12.5 Å². The van der Waals surface area contributed by atoms with Crippen LogP contribution in [0.25, 0.3) is 11.1 Å². The van der Waals surface area contributed by atoms with Crippen LogP contribution in [0.2, 0.25) is 0 Å². The molecule has 0 atom stereocenters. The molecule has 1 saturated heterocycles. The summed E-state index contributed by atoms with van der Waals surface area (Å²) in [6, 6.07) is 11.6. The van der Waals surface area contributed by atoms with Gasteiger partial charge in [0.25, 0.3) is 0 Å². The highest BCUT2D eigenvalue weighted by molar-refractivity contribution is 5.78. The molecule has 152 valence electrons. The quantitative estimate of drug-likeness (QED) is 0.805. The Kier molecular flexibility index (Phi) is 5.34. The molecular formula is C24H30N4O. The summed E-state index contributed by atoms with van der Waals surface area (Å²) >= 11 is 0. The highest BCUT2D eigenvalue weighted by Gasteiger charge is 2.30. The molecule has 0 unspecified atom stereocenters. The summed E-state index contributed by atoms with van der Waals surface area (Å²) < 4.78 is 0. The van der Waals surface area contributed by atoms with Crippen molar-refractivity contribution in [2.45, 2.75) is 38.3 Å². The van der Waals surface area contributed by atoms with E-state index in [0.717, 1.165) is 51.7 Å². The molecule has 29 heavy (non-hydrogen) atoms. The zero-order valence-electron chi connectivity index (χ0n) is 17.1. The van der Waals surface area contributed by atoms with E-state index in [1.807, 2.05) is 12.4 Å². The Labute approximate surface area is 173 Å². The predicted octanol–water partition coefficient (Wildman–Crippen LogP) is 2.80. The number of hydrogen-bond acceptors (Lipinski definition) is 4. The Morgan fingerprint density at radius 2 is 1.72 bits per heavy atom. The summed E-state index contributed by atoms with van der Waals surface area (Å²) in [4.78, 5) is 23.9. The van der Waals surface area contributed by atoms with Gasteiger partial charge in [0, 0.05) is 57.7 Å². The first kappa shape index (κ1) is 18.8. The maximum atomic E-state index is 12.8. The number of pyridine rings is 1. The number of nitrogens with zero attached hydrogens (tertiary/aromatic N) is 4. The average Bonchev–Trinajstić information content (AvgIpc) is 2.73. The monoisotopic (exact) mass is 390 g/mol. The fourth-order valence-electron chi connectivity index (χ4n) is 4.85.